The van der Waals surface area contributed by atoms with Crippen molar-refractivity contribution in [3.63, 3.8) is 0 Å². The molecule has 0 amide bonds. The zero-order valence-electron chi connectivity index (χ0n) is 7.77. The van der Waals surface area contributed by atoms with Crippen molar-refractivity contribution in [3.05, 3.63) is 47.5 Å². The summed E-state index contributed by atoms with van der Waals surface area (Å²) < 4.78 is 0. The highest BCUT2D eigenvalue weighted by molar-refractivity contribution is 5.29. The van der Waals surface area contributed by atoms with Crippen LogP contribution in [0.3, 0.4) is 0 Å². The number of allylic oxidation sites excluding steroid dienone is 1. The highest BCUT2D eigenvalue weighted by Gasteiger charge is 2.17. The molecule has 1 heteroatoms. The van der Waals surface area contributed by atoms with E-state index in [2.05, 4.69) is 37.3 Å². The van der Waals surface area contributed by atoms with E-state index in [0.29, 0.717) is 5.92 Å². The van der Waals surface area contributed by atoms with Crippen LogP contribution in [0, 0.1) is 6.92 Å². The molecule has 1 aliphatic carbocycles. The predicted molar refractivity (Wildman–Crippen MR) is 53.7 cm³/mol. The maximum Gasteiger partial charge on any atom is 0.0729 e. The van der Waals surface area contributed by atoms with Crippen LogP contribution in [-0.4, -0.2) is 11.2 Å². The minimum absolute atomic E-state index is 0.244. The van der Waals surface area contributed by atoms with E-state index in [4.69, 9.17) is 0 Å². The molecule has 2 rings (SSSR count). The summed E-state index contributed by atoms with van der Waals surface area (Å²) in [6.07, 6.45) is 4.56. The molecule has 0 heterocycles. The number of rotatable bonds is 1. The molecule has 0 aliphatic heterocycles. The maximum atomic E-state index is 9.33. The van der Waals surface area contributed by atoms with Crippen LogP contribution in [-0.2, 0) is 0 Å². The van der Waals surface area contributed by atoms with Gasteiger partial charge in [-0.3, -0.25) is 0 Å². The maximum absolute atomic E-state index is 9.33. The van der Waals surface area contributed by atoms with E-state index in [0.717, 1.165) is 6.42 Å². The molecule has 1 aromatic carbocycles. The van der Waals surface area contributed by atoms with Crippen molar-refractivity contribution in [2.75, 3.05) is 0 Å². The first-order valence-electron chi connectivity index (χ1n) is 4.68. The molecule has 13 heavy (non-hydrogen) atoms. The Labute approximate surface area is 78.7 Å². The van der Waals surface area contributed by atoms with Crippen molar-refractivity contribution >= 4 is 0 Å². The molecule has 1 aromatic rings. The van der Waals surface area contributed by atoms with E-state index in [-0.39, 0.29) is 6.10 Å². The van der Waals surface area contributed by atoms with Gasteiger partial charge in [0.25, 0.3) is 0 Å². The summed E-state index contributed by atoms with van der Waals surface area (Å²) in [5.74, 6) is 0.413. The predicted octanol–water partition coefficient (Wildman–Crippen LogP) is 2.40. The molecule has 0 spiro atoms. The van der Waals surface area contributed by atoms with Gasteiger partial charge in [-0.2, -0.15) is 0 Å². The first-order chi connectivity index (χ1) is 6.25. The number of hydrogen-bond donors (Lipinski definition) is 1. The van der Waals surface area contributed by atoms with Crippen LogP contribution in [0.5, 0.6) is 0 Å². The van der Waals surface area contributed by atoms with Crippen LogP contribution in [0.2, 0.25) is 0 Å². The van der Waals surface area contributed by atoms with Gasteiger partial charge in [-0.1, -0.05) is 42.0 Å². The van der Waals surface area contributed by atoms with E-state index in [1.807, 2.05) is 6.08 Å². The van der Waals surface area contributed by atoms with Gasteiger partial charge >= 0.3 is 0 Å². The fraction of sp³-hybridized carbons (Fsp3) is 0.333. The van der Waals surface area contributed by atoms with Gasteiger partial charge in [0.05, 0.1) is 6.10 Å². The molecule has 68 valence electrons. The molecule has 2 atom stereocenters. The normalized spacial score (nSPS) is 26.6. The lowest BCUT2D eigenvalue weighted by Gasteiger charge is -2.08. The van der Waals surface area contributed by atoms with E-state index in [1.165, 1.54) is 11.1 Å². The lowest BCUT2D eigenvalue weighted by Crippen LogP contribution is -2.00. The molecule has 0 saturated heterocycles. The van der Waals surface area contributed by atoms with Crippen molar-refractivity contribution in [1.82, 2.24) is 0 Å². The van der Waals surface area contributed by atoms with E-state index in [9.17, 15) is 5.11 Å². The van der Waals surface area contributed by atoms with E-state index in [1.54, 1.807) is 0 Å². The van der Waals surface area contributed by atoms with Gasteiger partial charge in [-0.25, -0.2) is 0 Å². The van der Waals surface area contributed by atoms with Crippen LogP contribution in [0.25, 0.3) is 0 Å². The Morgan fingerprint density at radius 1 is 1.15 bits per heavy atom. The summed E-state index contributed by atoms with van der Waals surface area (Å²) >= 11 is 0. The smallest absolute Gasteiger partial charge is 0.0729 e. The van der Waals surface area contributed by atoms with Crippen molar-refractivity contribution in [2.45, 2.75) is 25.4 Å². The number of benzene rings is 1. The molecule has 0 bridgehead atoms. The quantitative estimate of drug-likeness (QED) is 0.648. The third-order valence-corrected chi connectivity index (χ3v) is 2.57. The zero-order chi connectivity index (χ0) is 9.26. The Morgan fingerprint density at radius 3 is 2.38 bits per heavy atom. The van der Waals surface area contributed by atoms with Gasteiger partial charge in [0, 0.05) is 5.92 Å². The Balaban J connectivity index is 2.18. The lowest BCUT2D eigenvalue weighted by molar-refractivity contribution is 0.218. The van der Waals surface area contributed by atoms with Crippen molar-refractivity contribution in [3.8, 4) is 0 Å². The SMILES string of the molecule is Cc1ccc(C2C=CC(O)C2)cc1. The second-order valence-corrected chi connectivity index (χ2v) is 3.71. The van der Waals surface area contributed by atoms with Crippen LogP contribution >= 0.6 is 0 Å². The first kappa shape index (κ1) is 8.52. The minimum atomic E-state index is -0.244. The third-order valence-electron chi connectivity index (χ3n) is 2.57. The Bertz CT molecular complexity index is 310. The van der Waals surface area contributed by atoms with Gasteiger partial charge in [0.15, 0.2) is 0 Å². The monoisotopic (exact) mass is 174 g/mol. The standard InChI is InChI=1S/C12H14O/c1-9-2-4-10(5-3-9)11-6-7-12(13)8-11/h2-7,11-13H,8H2,1H3. The Morgan fingerprint density at radius 2 is 1.85 bits per heavy atom. The molecule has 1 nitrogen and oxygen atoms in total. The van der Waals surface area contributed by atoms with E-state index < -0.39 is 0 Å². The second-order valence-electron chi connectivity index (χ2n) is 3.71. The highest BCUT2D eigenvalue weighted by atomic mass is 16.3. The molecular formula is C12H14O. The summed E-state index contributed by atoms with van der Waals surface area (Å²) in [4.78, 5) is 0. The van der Waals surface area contributed by atoms with Crippen LogP contribution in [0.4, 0.5) is 0 Å². The summed E-state index contributed by atoms with van der Waals surface area (Å²) in [6, 6.07) is 8.52. The highest BCUT2D eigenvalue weighted by Crippen LogP contribution is 2.28. The van der Waals surface area contributed by atoms with Gasteiger partial charge in [0.2, 0.25) is 0 Å². The number of aliphatic hydroxyl groups is 1. The molecule has 0 radical (unpaired) electrons. The number of aliphatic hydroxyl groups excluding tert-OH is 1. The molecule has 0 fully saturated rings. The topological polar surface area (TPSA) is 20.2 Å². The molecule has 2 unspecified atom stereocenters. The van der Waals surface area contributed by atoms with Crippen LogP contribution < -0.4 is 0 Å². The average molecular weight is 174 g/mol. The molecule has 1 N–H and O–H groups in total. The zero-order valence-corrected chi connectivity index (χ0v) is 7.77. The van der Waals surface area contributed by atoms with E-state index >= 15 is 0 Å². The summed E-state index contributed by atoms with van der Waals surface area (Å²) in [6.45, 7) is 2.09. The molecular weight excluding hydrogens is 160 g/mol. The van der Waals surface area contributed by atoms with Gasteiger partial charge in [-0.05, 0) is 18.9 Å². The fourth-order valence-electron chi connectivity index (χ4n) is 1.74. The number of aryl methyl sites for hydroxylation is 1. The summed E-state index contributed by atoms with van der Waals surface area (Å²) in [5.41, 5.74) is 2.59. The molecule has 0 aromatic heterocycles. The second kappa shape index (κ2) is 3.35. The first-order valence-corrected chi connectivity index (χ1v) is 4.68. The minimum Gasteiger partial charge on any atom is -0.389 e. The lowest BCUT2D eigenvalue weighted by atomic mass is 9.97. The van der Waals surface area contributed by atoms with Crippen molar-refractivity contribution in [1.29, 1.82) is 0 Å². The largest absolute Gasteiger partial charge is 0.389 e. The molecule has 1 aliphatic rings. The van der Waals surface area contributed by atoms with Crippen molar-refractivity contribution in [2.24, 2.45) is 0 Å². The Hall–Kier alpha value is -1.08. The fourth-order valence-corrected chi connectivity index (χ4v) is 1.74. The Kier molecular flexibility index (Phi) is 2.19. The van der Waals surface area contributed by atoms with Gasteiger partial charge in [0.1, 0.15) is 0 Å². The van der Waals surface area contributed by atoms with Crippen molar-refractivity contribution < 1.29 is 5.11 Å². The number of hydrogen-bond acceptors (Lipinski definition) is 1. The summed E-state index contributed by atoms with van der Waals surface area (Å²) in [7, 11) is 0. The molecule has 0 saturated carbocycles. The van der Waals surface area contributed by atoms with Crippen LogP contribution in [0.15, 0.2) is 36.4 Å². The summed E-state index contributed by atoms with van der Waals surface area (Å²) in [5, 5.41) is 9.33. The average Bonchev–Trinajstić information content (AvgIpc) is 2.53. The van der Waals surface area contributed by atoms with Gasteiger partial charge in [-0.15, -0.1) is 0 Å². The van der Waals surface area contributed by atoms with Gasteiger partial charge < -0.3 is 5.11 Å². The third kappa shape index (κ3) is 1.81. The van der Waals surface area contributed by atoms with Crippen LogP contribution in [0.1, 0.15) is 23.5 Å².